The summed E-state index contributed by atoms with van der Waals surface area (Å²) in [6.07, 6.45) is 3.93. The molecule has 2 fully saturated rings. The molecule has 20 heavy (non-hydrogen) atoms. The Bertz CT molecular complexity index is 388. The average Bonchev–Trinajstić information content (AvgIpc) is 2.95. The van der Waals surface area contributed by atoms with Crippen LogP contribution in [0.2, 0.25) is 0 Å². The quantitative estimate of drug-likeness (QED) is 0.727. The van der Waals surface area contributed by atoms with Crippen LogP contribution in [0.1, 0.15) is 53.4 Å². The first kappa shape index (κ1) is 15.3. The summed E-state index contributed by atoms with van der Waals surface area (Å²) in [5.74, 6) is 1.17. The molecule has 0 saturated heterocycles. The summed E-state index contributed by atoms with van der Waals surface area (Å²) in [5, 5.41) is 0. The van der Waals surface area contributed by atoms with Gasteiger partial charge >= 0.3 is 11.9 Å². The van der Waals surface area contributed by atoms with Crippen LogP contribution in [0.4, 0.5) is 0 Å². The molecule has 114 valence electrons. The fourth-order valence-corrected chi connectivity index (χ4v) is 3.36. The minimum atomic E-state index is -0.390. The van der Waals surface area contributed by atoms with Crippen LogP contribution in [0.15, 0.2) is 0 Å². The molecular weight excluding hydrogens is 256 g/mol. The van der Waals surface area contributed by atoms with E-state index in [4.69, 9.17) is 9.47 Å². The molecule has 4 heteroatoms. The Morgan fingerprint density at radius 2 is 1.85 bits per heavy atom. The van der Waals surface area contributed by atoms with Gasteiger partial charge in [0.05, 0.1) is 12.0 Å². The molecular formula is C16H26O4. The molecule has 0 amide bonds. The van der Waals surface area contributed by atoms with E-state index in [9.17, 15) is 9.59 Å². The minimum Gasteiger partial charge on any atom is -0.466 e. The highest BCUT2D eigenvalue weighted by Crippen LogP contribution is 2.50. The van der Waals surface area contributed by atoms with Gasteiger partial charge in [-0.1, -0.05) is 6.92 Å². The predicted molar refractivity (Wildman–Crippen MR) is 74.9 cm³/mol. The van der Waals surface area contributed by atoms with Crippen LogP contribution >= 0.6 is 0 Å². The Labute approximate surface area is 121 Å². The third-order valence-corrected chi connectivity index (χ3v) is 5.13. The second-order valence-corrected chi connectivity index (χ2v) is 6.97. The first-order valence-electron chi connectivity index (χ1n) is 7.68. The zero-order valence-corrected chi connectivity index (χ0v) is 13.0. The Balaban J connectivity index is 1.83. The number of carbonyl (C=O) groups is 2. The fourth-order valence-electron chi connectivity index (χ4n) is 3.36. The van der Waals surface area contributed by atoms with Gasteiger partial charge in [-0.05, 0) is 57.3 Å². The van der Waals surface area contributed by atoms with Gasteiger partial charge in [0.1, 0.15) is 6.10 Å². The second-order valence-electron chi connectivity index (χ2n) is 6.97. The van der Waals surface area contributed by atoms with Crippen molar-refractivity contribution in [3.05, 3.63) is 0 Å². The van der Waals surface area contributed by atoms with Gasteiger partial charge in [0, 0.05) is 6.92 Å². The van der Waals surface area contributed by atoms with Crippen molar-refractivity contribution in [2.45, 2.75) is 59.5 Å². The standard InChI is InChI=1S/C16H26O4/c1-5-16(3,4)15(18)20-14-8-11-6-12(14)7-13(11)9-19-10(2)17/h11-14H,5-9H2,1-4H3. The van der Waals surface area contributed by atoms with Crippen molar-refractivity contribution in [3.8, 4) is 0 Å². The molecule has 2 rings (SSSR count). The van der Waals surface area contributed by atoms with E-state index in [1.54, 1.807) is 0 Å². The van der Waals surface area contributed by atoms with Crippen LogP contribution in [0, 0.1) is 23.2 Å². The molecule has 0 aromatic heterocycles. The van der Waals surface area contributed by atoms with Gasteiger partial charge in [-0.25, -0.2) is 0 Å². The maximum atomic E-state index is 12.1. The molecule has 0 aliphatic heterocycles. The summed E-state index contributed by atoms with van der Waals surface area (Å²) in [7, 11) is 0. The number of hydrogen-bond acceptors (Lipinski definition) is 4. The van der Waals surface area contributed by atoms with E-state index in [0.29, 0.717) is 24.4 Å². The lowest BCUT2D eigenvalue weighted by molar-refractivity contribution is -0.163. The number of rotatable bonds is 5. The normalized spacial score (nSPS) is 32.2. The van der Waals surface area contributed by atoms with Gasteiger partial charge in [0.2, 0.25) is 0 Å². The highest BCUT2D eigenvalue weighted by atomic mass is 16.5. The van der Waals surface area contributed by atoms with Crippen molar-refractivity contribution >= 4 is 11.9 Å². The molecule has 0 heterocycles. The lowest BCUT2D eigenvalue weighted by Gasteiger charge is -2.30. The summed E-state index contributed by atoms with van der Waals surface area (Å²) in [6.45, 7) is 7.86. The van der Waals surface area contributed by atoms with Gasteiger partial charge in [-0.3, -0.25) is 9.59 Å². The van der Waals surface area contributed by atoms with E-state index in [1.807, 2.05) is 20.8 Å². The van der Waals surface area contributed by atoms with Gasteiger partial charge in [-0.2, -0.15) is 0 Å². The van der Waals surface area contributed by atoms with Crippen molar-refractivity contribution in [2.24, 2.45) is 23.2 Å². The summed E-state index contributed by atoms with van der Waals surface area (Å²) in [5.41, 5.74) is -0.390. The molecule has 0 spiro atoms. The molecule has 2 saturated carbocycles. The largest absolute Gasteiger partial charge is 0.466 e. The van der Waals surface area contributed by atoms with Crippen LogP contribution < -0.4 is 0 Å². The van der Waals surface area contributed by atoms with Gasteiger partial charge < -0.3 is 9.47 Å². The van der Waals surface area contributed by atoms with Crippen LogP contribution in [0.5, 0.6) is 0 Å². The van der Waals surface area contributed by atoms with E-state index < -0.39 is 0 Å². The third-order valence-electron chi connectivity index (χ3n) is 5.13. The number of esters is 2. The van der Waals surface area contributed by atoms with Gasteiger partial charge in [-0.15, -0.1) is 0 Å². The lowest BCUT2D eigenvalue weighted by Crippen LogP contribution is -2.34. The van der Waals surface area contributed by atoms with E-state index in [0.717, 1.165) is 25.7 Å². The van der Waals surface area contributed by atoms with Crippen LogP contribution in [-0.4, -0.2) is 24.6 Å². The molecule has 0 N–H and O–H groups in total. The summed E-state index contributed by atoms with van der Waals surface area (Å²) < 4.78 is 10.8. The average molecular weight is 282 g/mol. The molecule has 4 atom stereocenters. The van der Waals surface area contributed by atoms with Crippen molar-refractivity contribution in [2.75, 3.05) is 6.61 Å². The van der Waals surface area contributed by atoms with E-state index in [-0.39, 0.29) is 23.5 Å². The molecule has 0 radical (unpaired) electrons. The SMILES string of the molecule is CCC(C)(C)C(=O)OC1CC2CC1CC2COC(C)=O. The molecule has 2 aliphatic rings. The zero-order valence-electron chi connectivity index (χ0n) is 13.0. The highest BCUT2D eigenvalue weighted by Gasteiger charge is 2.48. The van der Waals surface area contributed by atoms with E-state index in [1.165, 1.54) is 6.92 Å². The minimum absolute atomic E-state index is 0.0749. The van der Waals surface area contributed by atoms with Gasteiger partial charge in [0.25, 0.3) is 0 Å². The monoisotopic (exact) mass is 282 g/mol. The third kappa shape index (κ3) is 3.15. The Morgan fingerprint density at radius 1 is 1.15 bits per heavy atom. The van der Waals surface area contributed by atoms with Crippen LogP contribution in [0.3, 0.4) is 0 Å². The van der Waals surface area contributed by atoms with E-state index in [2.05, 4.69) is 0 Å². The van der Waals surface area contributed by atoms with Crippen molar-refractivity contribution in [1.82, 2.24) is 0 Å². The predicted octanol–water partition coefficient (Wildman–Crippen LogP) is 2.94. The number of ether oxygens (including phenoxy) is 2. The Morgan fingerprint density at radius 3 is 2.35 bits per heavy atom. The molecule has 0 aromatic carbocycles. The number of carbonyl (C=O) groups excluding carboxylic acids is 2. The second kappa shape index (κ2) is 5.74. The Kier molecular flexibility index (Phi) is 4.40. The smallest absolute Gasteiger partial charge is 0.311 e. The molecule has 0 aromatic rings. The summed E-state index contributed by atoms with van der Waals surface area (Å²) in [6, 6.07) is 0. The van der Waals surface area contributed by atoms with Crippen molar-refractivity contribution in [1.29, 1.82) is 0 Å². The zero-order chi connectivity index (χ0) is 14.9. The van der Waals surface area contributed by atoms with Crippen molar-refractivity contribution in [3.63, 3.8) is 0 Å². The summed E-state index contributed by atoms with van der Waals surface area (Å²) in [4.78, 5) is 23.0. The van der Waals surface area contributed by atoms with E-state index >= 15 is 0 Å². The van der Waals surface area contributed by atoms with Crippen LogP contribution in [-0.2, 0) is 19.1 Å². The molecule has 2 bridgehead atoms. The first-order chi connectivity index (χ1) is 9.33. The molecule has 4 nitrogen and oxygen atoms in total. The fraction of sp³-hybridized carbons (Fsp3) is 0.875. The highest BCUT2D eigenvalue weighted by molar-refractivity contribution is 5.76. The Hall–Kier alpha value is -1.06. The lowest BCUT2D eigenvalue weighted by atomic mass is 9.87. The maximum Gasteiger partial charge on any atom is 0.311 e. The number of hydrogen-bond donors (Lipinski definition) is 0. The van der Waals surface area contributed by atoms with Crippen molar-refractivity contribution < 1.29 is 19.1 Å². The molecule has 4 unspecified atom stereocenters. The first-order valence-corrected chi connectivity index (χ1v) is 7.68. The topological polar surface area (TPSA) is 52.6 Å². The van der Waals surface area contributed by atoms with Crippen LogP contribution in [0.25, 0.3) is 0 Å². The summed E-state index contributed by atoms with van der Waals surface area (Å²) >= 11 is 0. The maximum absolute atomic E-state index is 12.1. The van der Waals surface area contributed by atoms with Gasteiger partial charge in [0.15, 0.2) is 0 Å². The number of fused-ring (bicyclic) bond motifs is 2. The molecule has 2 aliphatic carbocycles.